The zero-order valence-electron chi connectivity index (χ0n) is 11.2. The lowest BCUT2D eigenvalue weighted by Crippen LogP contribution is -2.04. The van der Waals surface area contributed by atoms with Crippen molar-refractivity contribution in [1.82, 2.24) is 5.32 Å². The first-order valence-corrected chi connectivity index (χ1v) is 7.27. The third-order valence-corrected chi connectivity index (χ3v) is 3.91. The van der Waals surface area contributed by atoms with Gasteiger partial charge in [-0.25, -0.2) is 0 Å². The summed E-state index contributed by atoms with van der Waals surface area (Å²) in [5.74, 6) is 0.729. The van der Waals surface area contributed by atoms with Crippen molar-refractivity contribution in [2.24, 2.45) is 0 Å². The van der Waals surface area contributed by atoms with Crippen LogP contribution in [0.4, 0.5) is 5.69 Å². The van der Waals surface area contributed by atoms with Crippen LogP contribution in [0, 0.1) is 10.1 Å². The van der Waals surface area contributed by atoms with Crippen molar-refractivity contribution in [3.63, 3.8) is 0 Å². The smallest absolute Gasteiger partial charge is 0.269 e. The molecule has 0 bridgehead atoms. The van der Waals surface area contributed by atoms with Crippen LogP contribution < -0.4 is 5.32 Å². The lowest BCUT2D eigenvalue weighted by Gasteiger charge is -2.04. The van der Waals surface area contributed by atoms with Crippen LogP contribution in [0.25, 0.3) is 0 Å². The number of nitro groups is 1. The van der Waals surface area contributed by atoms with Crippen molar-refractivity contribution in [3.8, 4) is 0 Å². The Balaban J connectivity index is 1.97. The molecule has 0 amide bonds. The SMILES string of the molecule is CNCc1ccc(SCc2cccc([N+](=O)[O-])c2)cc1. The highest BCUT2D eigenvalue weighted by molar-refractivity contribution is 7.98. The van der Waals surface area contributed by atoms with E-state index < -0.39 is 0 Å². The van der Waals surface area contributed by atoms with Gasteiger partial charge in [-0.2, -0.15) is 0 Å². The van der Waals surface area contributed by atoms with Crippen LogP contribution >= 0.6 is 11.8 Å². The summed E-state index contributed by atoms with van der Waals surface area (Å²) in [6.45, 7) is 0.857. The van der Waals surface area contributed by atoms with Gasteiger partial charge in [0.1, 0.15) is 0 Å². The first-order valence-electron chi connectivity index (χ1n) is 6.28. The quantitative estimate of drug-likeness (QED) is 0.501. The number of hydrogen-bond acceptors (Lipinski definition) is 4. The van der Waals surface area contributed by atoms with E-state index in [1.807, 2.05) is 13.1 Å². The number of thioether (sulfide) groups is 1. The fourth-order valence-electron chi connectivity index (χ4n) is 1.83. The number of benzene rings is 2. The Morgan fingerprint density at radius 3 is 2.55 bits per heavy atom. The third kappa shape index (κ3) is 4.08. The molecule has 0 aromatic heterocycles. The zero-order valence-corrected chi connectivity index (χ0v) is 12.0. The second-order valence-electron chi connectivity index (χ2n) is 4.39. The molecule has 104 valence electrons. The van der Waals surface area contributed by atoms with Crippen LogP contribution in [-0.2, 0) is 12.3 Å². The molecule has 1 N–H and O–H groups in total. The highest BCUT2D eigenvalue weighted by atomic mass is 32.2. The van der Waals surface area contributed by atoms with E-state index in [4.69, 9.17) is 0 Å². The summed E-state index contributed by atoms with van der Waals surface area (Å²) in [6, 6.07) is 15.1. The van der Waals surface area contributed by atoms with Gasteiger partial charge in [0.15, 0.2) is 0 Å². The highest BCUT2D eigenvalue weighted by Gasteiger charge is 2.05. The van der Waals surface area contributed by atoms with Gasteiger partial charge < -0.3 is 5.32 Å². The van der Waals surface area contributed by atoms with Crippen molar-refractivity contribution >= 4 is 17.4 Å². The maximum atomic E-state index is 10.7. The topological polar surface area (TPSA) is 55.2 Å². The normalized spacial score (nSPS) is 10.4. The summed E-state index contributed by atoms with van der Waals surface area (Å²) in [5, 5.41) is 13.8. The molecule has 0 saturated heterocycles. The van der Waals surface area contributed by atoms with Crippen LogP contribution in [0.5, 0.6) is 0 Å². The molecular weight excluding hydrogens is 272 g/mol. The molecule has 0 atom stereocenters. The largest absolute Gasteiger partial charge is 0.316 e. The van der Waals surface area contributed by atoms with Gasteiger partial charge >= 0.3 is 0 Å². The molecule has 2 rings (SSSR count). The average Bonchev–Trinajstić information content (AvgIpc) is 2.47. The fraction of sp³-hybridized carbons (Fsp3) is 0.200. The van der Waals surface area contributed by atoms with Crippen LogP contribution in [0.3, 0.4) is 0 Å². The molecule has 0 aliphatic rings. The Labute approximate surface area is 122 Å². The minimum atomic E-state index is -0.360. The molecule has 20 heavy (non-hydrogen) atoms. The van der Waals surface area contributed by atoms with E-state index in [1.54, 1.807) is 23.9 Å². The minimum Gasteiger partial charge on any atom is -0.316 e. The monoisotopic (exact) mass is 288 g/mol. The van der Waals surface area contributed by atoms with Crippen molar-refractivity contribution in [2.45, 2.75) is 17.2 Å². The molecule has 0 spiro atoms. The van der Waals surface area contributed by atoms with E-state index in [9.17, 15) is 10.1 Å². The highest BCUT2D eigenvalue weighted by Crippen LogP contribution is 2.24. The first kappa shape index (κ1) is 14.6. The lowest BCUT2D eigenvalue weighted by atomic mass is 10.2. The Bertz CT molecular complexity index is 585. The van der Waals surface area contributed by atoms with Gasteiger partial charge in [0.05, 0.1) is 4.92 Å². The maximum absolute atomic E-state index is 10.7. The Morgan fingerprint density at radius 1 is 1.15 bits per heavy atom. The summed E-state index contributed by atoms with van der Waals surface area (Å²) in [4.78, 5) is 11.5. The fourth-order valence-corrected chi connectivity index (χ4v) is 2.68. The van der Waals surface area contributed by atoms with Gasteiger partial charge in [0, 0.05) is 29.3 Å². The van der Waals surface area contributed by atoms with Gasteiger partial charge in [-0.1, -0.05) is 24.3 Å². The lowest BCUT2D eigenvalue weighted by molar-refractivity contribution is -0.384. The van der Waals surface area contributed by atoms with Crippen molar-refractivity contribution < 1.29 is 4.92 Å². The number of nitro benzene ring substituents is 1. The van der Waals surface area contributed by atoms with E-state index in [2.05, 4.69) is 29.6 Å². The van der Waals surface area contributed by atoms with Gasteiger partial charge in [0.25, 0.3) is 5.69 Å². The predicted molar refractivity (Wildman–Crippen MR) is 81.9 cm³/mol. The molecule has 2 aromatic rings. The van der Waals surface area contributed by atoms with Crippen molar-refractivity contribution in [1.29, 1.82) is 0 Å². The van der Waals surface area contributed by atoms with E-state index in [0.717, 1.165) is 22.8 Å². The standard InChI is InChI=1S/C15H16N2O2S/c1-16-10-12-5-7-15(8-6-12)20-11-13-3-2-4-14(9-13)17(18)19/h2-9,16H,10-11H2,1H3. The molecule has 0 heterocycles. The second kappa shape index (κ2) is 7.07. The Morgan fingerprint density at radius 2 is 1.90 bits per heavy atom. The summed E-state index contributed by atoms with van der Waals surface area (Å²) in [5.41, 5.74) is 2.35. The Hall–Kier alpha value is -1.85. The summed E-state index contributed by atoms with van der Waals surface area (Å²) >= 11 is 1.68. The van der Waals surface area contributed by atoms with E-state index >= 15 is 0 Å². The molecular formula is C15H16N2O2S. The number of rotatable bonds is 6. The van der Waals surface area contributed by atoms with E-state index in [-0.39, 0.29) is 10.6 Å². The third-order valence-electron chi connectivity index (χ3n) is 2.83. The van der Waals surface area contributed by atoms with Crippen LogP contribution in [-0.4, -0.2) is 12.0 Å². The van der Waals surface area contributed by atoms with E-state index in [0.29, 0.717) is 0 Å². The van der Waals surface area contributed by atoms with Gasteiger partial charge in [0.2, 0.25) is 0 Å². The molecule has 0 aliphatic heterocycles. The number of non-ortho nitro benzene ring substituents is 1. The van der Waals surface area contributed by atoms with E-state index in [1.165, 1.54) is 11.6 Å². The van der Waals surface area contributed by atoms with Crippen molar-refractivity contribution in [3.05, 3.63) is 69.8 Å². The molecule has 0 radical (unpaired) electrons. The van der Waals surface area contributed by atoms with Crippen molar-refractivity contribution in [2.75, 3.05) is 7.05 Å². The number of nitrogens with one attached hydrogen (secondary N) is 1. The zero-order chi connectivity index (χ0) is 14.4. The van der Waals surface area contributed by atoms with Crippen LogP contribution in [0.1, 0.15) is 11.1 Å². The predicted octanol–water partition coefficient (Wildman–Crippen LogP) is 3.61. The van der Waals surface area contributed by atoms with Gasteiger partial charge in [-0.3, -0.25) is 10.1 Å². The maximum Gasteiger partial charge on any atom is 0.269 e. The molecule has 0 fully saturated rings. The average molecular weight is 288 g/mol. The molecule has 2 aromatic carbocycles. The minimum absolute atomic E-state index is 0.146. The number of nitrogens with zero attached hydrogens (tertiary/aromatic N) is 1. The second-order valence-corrected chi connectivity index (χ2v) is 5.44. The molecule has 0 unspecified atom stereocenters. The number of hydrogen-bond donors (Lipinski definition) is 1. The molecule has 5 heteroatoms. The summed E-state index contributed by atoms with van der Waals surface area (Å²) in [6.07, 6.45) is 0. The Kier molecular flexibility index (Phi) is 5.15. The molecule has 0 saturated carbocycles. The first-order chi connectivity index (χ1) is 9.69. The van der Waals surface area contributed by atoms with Crippen LogP contribution in [0.2, 0.25) is 0 Å². The molecule has 0 aliphatic carbocycles. The van der Waals surface area contributed by atoms with Crippen LogP contribution in [0.15, 0.2) is 53.4 Å². The van der Waals surface area contributed by atoms with Gasteiger partial charge in [-0.15, -0.1) is 11.8 Å². The summed E-state index contributed by atoms with van der Waals surface area (Å²) < 4.78 is 0. The van der Waals surface area contributed by atoms with Gasteiger partial charge in [-0.05, 0) is 30.3 Å². The molecule has 4 nitrogen and oxygen atoms in total. The summed E-state index contributed by atoms with van der Waals surface area (Å²) in [7, 11) is 1.92.